The van der Waals surface area contributed by atoms with Gasteiger partial charge in [-0.05, 0) is 51.8 Å². The first kappa shape index (κ1) is 16.7. The van der Waals surface area contributed by atoms with Crippen LogP contribution < -0.4 is 4.74 Å². The average Bonchev–Trinajstić information content (AvgIpc) is 2.46. The number of rotatable bonds is 0. The standard InChI is InChI=1S/C18H22FNO4/c1-17(2,3)24-16(22)20-8-4-7-18(11-20)10-14(21)13-9-12(19)5-6-15(13)23-18/h5-6,9H,4,7-8,10-11H2,1-3H3/t18-/m0/s1. The van der Waals surface area contributed by atoms with E-state index in [1.807, 2.05) is 20.8 Å². The Morgan fingerprint density at radius 2 is 2.12 bits per heavy atom. The van der Waals surface area contributed by atoms with E-state index in [2.05, 4.69) is 0 Å². The molecule has 0 N–H and O–H groups in total. The summed E-state index contributed by atoms with van der Waals surface area (Å²) in [5.41, 5.74) is -1.05. The average molecular weight is 335 g/mol. The second-order valence-electron chi connectivity index (χ2n) is 7.53. The fourth-order valence-corrected chi connectivity index (χ4v) is 3.27. The van der Waals surface area contributed by atoms with Crippen LogP contribution in [0.4, 0.5) is 9.18 Å². The third-order valence-electron chi connectivity index (χ3n) is 4.24. The van der Waals surface area contributed by atoms with Gasteiger partial charge < -0.3 is 14.4 Å². The van der Waals surface area contributed by atoms with E-state index in [0.29, 0.717) is 25.3 Å². The minimum atomic E-state index is -0.753. The molecule has 24 heavy (non-hydrogen) atoms. The first-order chi connectivity index (χ1) is 11.2. The Bertz CT molecular complexity index is 682. The highest BCUT2D eigenvalue weighted by Gasteiger charge is 2.45. The van der Waals surface area contributed by atoms with Crippen LogP contribution in [0.2, 0.25) is 0 Å². The van der Waals surface area contributed by atoms with Crippen LogP contribution in [0.15, 0.2) is 18.2 Å². The molecule has 3 rings (SSSR count). The molecular formula is C18H22FNO4. The second kappa shape index (κ2) is 5.76. The number of benzene rings is 1. The van der Waals surface area contributed by atoms with Crippen LogP contribution >= 0.6 is 0 Å². The van der Waals surface area contributed by atoms with Crippen LogP contribution in [-0.2, 0) is 4.74 Å². The lowest BCUT2D eigenvalue weighted by Gasteiger charge is -2.44. The fourth-order valence-electron chi connectivity index (χ4n) is 3.27. The van der Waals surface area contributed by atoms with E-state index in [-0.39, 0.29) is 17.8 Å². The van der Waals surface area contributed by atoms with Crippen molar-refractivity contribution in [3.63, 3.8) is 0 Å². The number of carbonyl (C=O) groups is 2. The van der Waals surface area contributed by atoms with Crippen molar-refractivity contribution in [1.82, 2.24) is 4.90 Å². The van der Waals surface area contributed by atoms with E-state index < -0.39 is 23.1 Å². The van der Waals surface area contributed by atoms with Crippen molar-refractivity contribution >= 4 is 11.9 Å². The molecule has 0 bridgehead atoms. The molecule has 1 fully saturated rings. The lowest BCUT2D eigenvalue weighted by molar-refractivity contribution is -0.0334. The molecule has 6 heteroatoms. The highest BCUT2D eigenvalue weighted by Crippen LogP contribution is 2.38. The van der Waals surface area contributed by atoms with Gasteiger partial charge in [0.1, 0.15) is 22.8 Å². The molecule has 2 aliphatic rings. The highest BCUT2D eigenvalue weighted by molar-refractivity contribution is 6.00. The Morgan fingerprint density at radius 1 is 1.38 bits per heavy atom. The molecule has 0 radical (unpaired) electrons. The van der Waals surface area contributed by atoms with E-state index in [1.54, 1.807) is 4.90 Å². The van der Waals surface area contributed by atoms with Gasteiger partial charge in [-0.1, -0.05) is 0 Å². The van der Waals surface area contributed by atoms with Crippen LogP contribution in [0.25, 0.3) is 0 Å². The summed E-state index contributed by atoms with van der Waals surface area (Å²) < 4.78 is 24.8. The topological polar surface area (TPSA) is 55.8 Å². The number of halogens is 1. The second-order valence-corrected chi connectivity index (χ2v) is 7.53. The van der Waals surface area contributed by atoms with E-state index in [9.17, 15) is 14.0 Å². The number of ketones is 1. The molecule has 1 spiro atoms. The number of amides is 1. The van der Waals surface area contributed by atoms with Gasteiger partial charge >= 0.3 is 6.09 Å². The van der Waals surface area contributed by atoms with Gasteiger partial charge in [0.15, 0.2) is 5.78 Å². The van der Waals surface area contributed by atoms with E-state index in [4.69, 9.17) is 9.47 Å². The summed E-state index contributed by atoms with van der Waals surface area (Å²) in [6.07, 6.45) is 1.14. The SMILES string of the molecule is CC(C)(C)OC(=O)N1CCC[C@]2(CC(=O)c3cc(F)ccc3O2)C1. The Balaban J connectivity index is 1.80. The zero-order chi connectivity index (χ0) is 17.5. The third-order valence-corrected chi connectivity index (χ3v) is 4.24. The number of nitrogens with zero attached hydrogens (tertiary/aromatic N) is 1. The molecule has 5 nitrogen and oxygen atoms in total. The number of ether oxygens (including phenoxy) is 2. The van der Waals surface area contributed by atoms with Crippen molar-refractivity contribution in [2.24, 2.45) is 0 Å². The summed E-state index contributed by atoms with van der Waals surface area (Å²) >= 11 is 0. The molecule has 0 aromatic heterocycles. The maximum atomic E-state index is 13.3. The minimum absolute atomic E-state index is 0.142. The van der Waals surface area contributed by atoms with Crippen molar-refractivity contribution in [3.05, 3.63) is 29.6 Å². The van der Waals surface area contributed by atoms with Crippen molar-refractivity contribution in [3.8, 4) is 5.75 Å². The molecule has 1 amide bonds. The number of fused-ring (bicyclic) bond motifs is 1. The van der Waals surface area contributed by atoms with Gasteiger partial charge in [0.2, 0.25) is 0 Å². The van der Waals surface area contributed by atoms with Gasteiger partial charge in [-0.15, -0.1) is 0 Å². The van der Waals surface area contributed by atoms with Gasteiger partial charge in [0.05, 0.1) is 18.5 Å². The van der Waals surface area contributed by atoms with Gasteiger partial charge in [-0.25, -0.2) is 9.18 Å². The van der Waals surface area contributed by atoms with Crippen LogP contribution in [0, 0.1) is 5.82 Å². The molecule has 1 aromatic carbocycles. The van der Waals surface area contributed by atoms with Gasteiger partial charge in [0.25, 0.3) is 0 Å². The van der Waals surface area contributed by atoms with Crippen molar-refractivity contribution in [2.45, 2.75) is 51.2 Å². The predicted molar refractivity (Wildman–Crippen MR) is 85.7 cm³/mol. The largest absolute Gasteiger partial charge is 0.484 e. The van der Waals surface area contributed by atoms with Gasteiger partial charge in [-0.2, -0.15) is 0 Å². The lowest BCUT2D eigenvalue weighted by atomic mass is 9.83. The molecule has 0 unspecified atom stereocenters. The quantitative estimate of drug-likeness (QED) is 0.727. The van der Waals surface area contributed by atoms with E-state index >= 15 is 0 Å². The zero-order valence-corrected chi connectivity index (χ0v) is 14.2. The van der Waals surface area contributed by atoms with Crippen molar-refractivity contribution in [1.29, 1.82) is 0 Å². The number of piperidine rings is 1. The third kappa shape index (κ3) is 3.37. The van der Waals surface area contributed by atoms with E-state index in [1.165, 1.54) is 18.2 Å². The molecule has 1 atom stereocenters. The molecule has 1 aromatic rings. The summed E-state index contributed by atoms with van der Waals surface area (Å²) in [6, 6.07) is 3.97. The molecule has 2 heterocycles. The van der Waals surface area contributed by atoms with Crippen LogP contribution in [0.1, 0.15) is 50.4 Å². The molecular weight excluding hydrogens is 313 g/mol. The summed E-state index contributed by atoms with van der Waals surface area (Å²) in [4.78, 5) is 26.4. The first-order valence-electron chi connectivity index (χ1n) is 8.17. The van der Waals surface area contributed by atoms with Crippen molar-refractivity contribution < 1.29 is 23.5 Å². The van der Waals surface area contributed by atoms with Crippen molar-refractivity contribution in [2.75, 3.05) is 13.1 Å². The fraction of sp³-hybridized carbons (Fsp3) is 0.556. The molecule has 1 saturated heterocycles. The highest BCUT2D eigenvalue weighted by atomic mass is 19.1. The Hall–Kier alpha value is -2.11. The van der Waals surface area contributed by atoms with Crippen LogP contribution in [0.5, 0.6) is 5.75 Å². The summed E-state index contributed by atoms with van der Waals surface area (Å²) in [6.45, 7) is 6.32. The number of hydrogen-bond acceptors (Lipinski definition) is 4. The maximum absolute atomic E-state index is 13.3. The van der Waals surface area contributed by atoms with Crippen LogP contribution in [0.3, 0.4) is 0 Å². The van der Waals surface area contributed by atoms with Crippen LogP contribution in [-0.4, -0.2) is 41.1 Å². The summed E-state index contributed by atoms with van der Waals surface area (Å²) in [5.74, 6) is -0.221. The Labute approximate surface area is 140 Å². The lowest BCUT2D eigenvalue weighted by Crippen LogP contribution is -2.56. The smallest absolute Gasteiger partial charge is 0.410 e. The molecule has 130 valence electrons. The minimum Gasteiger partial charge on any atom is -0.484 e. The molecule has 0 saturated carbocycles. The first-order valence-corrected chi connectivity index (χ1v) is 8.17. The maximum Gasteiger partial charge on any atom is 0.410 e. The summed E-state index contributed by atoms with van der Waals surface area (Å²) in [5, 5.41) is 0. The molecule has 2 aliphatic heterocycles. The Kier molecular flexibility index (Phi) is 4.01. The van der Waals surface area contributed by atoms with E-state index in [0.717, 1.165) is 6.42 Å². The predicted octanol–water partition coefficient (Wildman–Crippen LogP) is 3.56. The van der Waals surface area contributed by atoms with Gasteiger partial charge in [0, 0.05) is 6.54 Å². The Morgan fingerprint density at radius 3 is 2.83 bits per heavy atom. The summed E-state index contributed by atoms with van der Waals surface area (Å²) in [7, 11) is 0. The normalized spacial score (nSPS) is 23.7. The number of hydrogen-bond donors (Lipinski definition) is 0. The molecule has 0 aliphatic carbocycles. The number of Topliss-reactive ketones (excluding diaryl/α,β-unsaturated/α-hetero) is 1. The monoisotopic (exact) mass is 335 g/mol. The number of likely N-dealkylation sites (tertiary alicyclic amines) is 1. The zero-order valence-electron chi connectivity index (χ0n) is 14.2. The number of carbonyl (C=O) groups excluding carboxylic acids is 2. The van der Waals surface area contributed by atoms with Gasteiger partial charge in [-0.3, -0.25) is 4.79 Å².